The second kappa shape index (κ2) is 6.47. The molecule has 1 aromatic rings. The topological polar surface area (TPSA) is 32.3 Å². The average molecular weight is 332 g/mol. The molecule has 3 nitrogen and oxygen atoms in total. The van der Waals surface area contributed by atoms with Crippen molar-refractivity contribution in [3.05, 3.63) is 35.6 Å². The standard InChI is InChI=1S/C16H20F4N2O/c1-15(2)10-22(21-14(15)23)13(16(18,19)20)9-5-7-11-6-3-4-8-12(11)17/h3-4,6,8,13H,5,7,9-10H2,1-2H3,(H,21,23)/t13-/m0/s1. The van der Waals surface area contributed by atoms with Crippen LogP contribution in [0.25, 0.3) is 0 Å². The van der Waals surface area contributed by atoms with Crippen molar-refractivity contribution in [2.75, 3.05) is 6.54 Å². The summed E-state index contributed by atoms with van der Waals surface area (Å²) < 4.78 is 53.4. The predicted molar refractivity (Wildman–Crippen MR) is 77.8 cm³/mol. The van der Waals surface area contributed by atoms with Crippen molar-refractivity contribution in [3.8, 4) is 0 Å². The highest BCUT2D eigenvalue weighted by Gasteiger charge is 2.49. The van der Waals surface area contributed by atoms with Crippen LogP contribution in [0.1, 0.15) is 32.3 Å². The van der Waals surface area contributed by atoms with Crippen LogP contribution in [0.5, 0.6) is 0 Å². The van der Waals surface area contributed by atoms with Crippen LogP contribution in [-0.2, 0) is 11.2 Å². The molecule has 0 spiro atoms. The van der Waals surface area contributed by atoms with Crippen molar-refractivity contribution in [1.29, 1.82) is 0 Å². The summed E-state index contributed by atoms with van der Waals surface area (Å²) in [5, 5.41) is 0.962. The van der Waals surface area contributed by atoms with E-state index in [1.165, 1.54) is 6.07 Å². The van der Waals surface area contributed by atoms with Gasteiger partial charge in [-0.15, -0.1) is 0 Å². The summed E-state index contributed by atoms with van der Waals surface area (Å²) in [6.07, 6.45) is -4.25. The summed E-state index contributed by atoms with van der Waals surface area (Å²) >= 11 is 0. The molecule has 0 aliphatic carbocycles. The minimum atomic E-state index is -4.46. The Morgan fingerprint density at radius 3 is 2.48 bits per heavy atom. The van der Waals surface area contributed by atoms with Gasteiger partial charge in [-0.3, -0.25) is 10.2 Å². The number of carbonyl (C=O) groups is 1. The van der Waals surface area contributed by atoms with Crippen LogP contribution in [0.3, 0.4) is 0 Å². The lowest BCUT2D eigenvalue weighted by molar-refractivity contribution is -0.190. The lowest BCUT2D eigenvalue weighted by Gasteiger charge is -2.29. The van der Waals surface area contributed by atoms with Gasteiger partial charge in [-0.25, -0.2) is 9.40 Å². The molecule has 0 unspecified atom stereocenters. The molecule has 0 aromatic heterocycles. The molecule has 0 saturated carbocycles. The van der Waals surface area contributed by atoms with Crippen molar-refractivity contribution >= 4 is 5.91 Å². The zero-order chi connectivity index (χ0) is 17.3. The lowest BCUT2D eigenvalue weighted by atomic mass is 9.94. The molecular formula is C16H20F4N2O. The molecule has 1 amide bonds. The number of nitrogens with one attached hydrogen (secondary N) is 1. The van der Waals surface area contributed by atoms with E-state index in [1.807, 2.05) is 0 Å². The van der Waals surface area contributed by atoms with Crippen LogP contribution in [0.15, 0.2) is 24.3 Å². The number of rotatable bonds is 5. The van der Waals surface area contributed by atoms with Gasteiger partial charge in [0.15, 0.2) is 0 Å². The van der Waals surface area contributed by atoms with Gasteiger partial charge in [0.05, 0.1) is 5.41 Å². The molecule has 1 fully saturated rings. The Morgan fingerprint density at radius 2 is 1.96 bits per heavy atom. The van der Waals surface area contributed by atoms with Crippen LogP contribution in [0.2, 0.25) is 0 Å². The maximum atomic E-state index is 13.5. The van der Waals surface area contributed by atoms with E-state index in [4.69, 9.17) is 0 Å². The highest BCUT2D eigenvalue weighted by atomic mass is 19.4. The maximum Gasteiger partial charge on any atom is 0.405 e. The summed E-state index contributed by atoms with van der Waals surface area (Å²) in [5.41, 5.74) is 1.86. The summed E-state index contributed by atoms with van der Waals surface area (Å²) in [7, 11) is 0. The number of hydrogen-bond acceptors (Lipinski definition) is 2. The van der Waals surface area contributed by atoms with Crippen LogP contribution in [-0.4, -0.2) is 29.7 Å². The fourth-order valence-electron chi connectivity index (χ4n) is 2.69. The second-order valence-electron chi connectivity index (χ2n) is 6.49. The molecule has 0 radical (unpaired) electrons. The first-order valence-electron chi connectivity index (χ1n) is 7.49. The Balaban J connectivity index is 2.01. The fourth-order valence-corrected chi connectivity index (χ4v) is 2.69. The van der Waals surface area contributed by atoms with Gasteiger partial charge in [0.1, 0.15) is 11.9 Å². The van der Waals surface area contributed by atoms with E-state index in [1.54, 1.807) is 32.0 Å². The van der Waals surface area contributed by atoms with E-state index in [9.17, 15) is 22.4 Å². The molecule has 1 aliphatic rings. The first-order valence-corrected chi connectivity index (χ1v) is 7.49. The molecule has 1 atom stereocenters. The highest BCUT2D eigenvalue weighted by molar-refractivity contribution is 5.83. The molecule has 1 saturated heterocycles. The average Bonchev–Trinajstić information content (AvgIpc) is 2.69. The van der Waals surface area contributed by atoms with E-state index in [2.05, 4.69) is 5.43 Å². The molecule has 1 aliphatic heterocycles. The van der Waals surface area contributed by atoms with Gasteiger partial charge in [-0.1, -0.05) is 18.2 Å². The van der Waals surface area contributed by atoms with Crippen LogP contribution in [0, 0.1) is 11.2 Å². The summed E-state index contributed by atoms with van der Waals surface area (Å²) in [5.74, 6) is -0.826. The number of aryl methyl sites for hydroxylation is 1. The van der Waals surface area contributed by atoms with Gasteiger partial charge >= 0.3 is 6.18 Å². The maximum absolute atomic E-state index is 13.5. The zero-order valence-electron chi connectivity index (χ0n) is 13.1. The minimum absolute atomic E-state index is 0.00426. The molecule has 7 heteroatoms. The number of hydrogen-bond donors (Lipinski definition) is 1. The first-order chi connectivity index (χ1) is 10.6. The predicted octanol–water partition coefficient (Wildman–Crippen LogP) is 3.45. The lowest BCUT2D eigenvalue weighted by Crippen LogP contribution is -2.50. The normalized spacial score (nSPS) is 19.7. The Labute approximate surface area is 132 Å². The quantitative estimate of drug-likeness (QED) is 0.838. The molecule has 128 valence electrons. The van der Waals surface area contributed by atoms with Crippen molar-refractivity contribution < 1.29 is 22.4 Å². The Morgan fingerprint density at radius 1 is 1.30 bits per heavy atom. The van der Waals surface area contributed by atoms with Crippen molar-refractivity contribution in [1.82, 2.24) is 10.4 Å². The van der Waals surface area contributed by atoms with Gasteiger partial charge in [0.25, 0.3) is 0 Å². The number of hydrazine groups is 1. The number of alkyl halides is 3. The molecule has 0 bridgehead atoms. The fraction of sp³-hybridized carbons (Fsp3) is 0.562. The minimum Gasteiger partial charge on any atom is -0.288 e. The van der Waals surface area contributed by atoms with Crippen LogP contribution in [0.4, 0.5) is 17.6 Å². The third-order valence-electron chi connectivity index (χ3n) is 4.06. The van der Waals surface area contributed by atoms with Crippen molar-refractivity contribution in [2.45, 2.75) is 45.3 Å². The Hall–Kier alpha value is -1.63. The largest absolute Gasteiger partial charge is 0.405 e. The molecule has 1 heterocycles. The number of nitrogens with zero attached hydrogens (tertiary/aromatic N) is 1. The highest BCUT2D eigenvalue weighted by Crippen LogP contribution is 2.33. The number of amides is 1. The van der Waals surface area contributed by atoms with Gasteiger partial charge in [-0.2, -0.15) is 13.2 Å². The van der Waals surface area contributed by atoms with E-state index >= 15 is 0 Å². The summed E-state index contributed by atoms with van der Waals surface area (Å²) in [6.45, 7) is 3.21. The summed E-state index contributed by atoms with van der Waals surface area (Å²) in [6, 6.07) is 4.29. The van der Waals surface area contributed by atoms with Gasteiger partial charge < -0.3 is 0 Å². The molecule has 1 N–H and O–H groups in total. The van der Waals surface area contributed by atoms with E-state index in [-0.39, 0.29) is 25.8 Å². The molecule has 23 heavy (non-hydrogen) atoms. The van der Waals surface area contributed by atoms with Gasteiger partial charge in [-0.05, 0) is 44.7 Å². The number of halogens is 4. The molecule has 1 aromatic carbocycles. The SMILES string of the molecule is CC1(C)CN([C@@H](CCCc2ccccc2F)C(F)(F)F)NC1=O. The zero-order valence-corrected chi connectivity index (χ0v) is 13.1. The number of benzene rings is 1. The first kappa shape index (κ1) is 17.7. The molecule has 2 rings (SSSR count). The second-order valence-corrected chi connectivity index (χ2v) is 6.49. The van der Waals surface area contributed by atoms with Crippen LogP contribution < -0.4 is 5.43 Å². The number of carbonyl (C=O) groups excluding carboxylic acids is 1. The van der Waals surface area contributed by atoms with Gasteiger partial charge in [0.2, 0.25) is 5.91 Å². The van der Waals surface area contributed by atoms with E-state index in [0.29, 0.717) is 5.56 Å². The summed E-state index contributed by atoms with van der Waals surface area (Å²) in [4.78, 5) is 11.7. The Bertz CT molecular complexity index is 571. The monoisotopic (exact) mass is 332 g/mol. The Kier molecular flexibility index (Phi) is 4.98. The van der Waals surface area contributed by atoms with Gasteiger partial charge in [0, 0.05) is 6.54 Å². The van der Waals surface area contributed by atoms with Crippen molar-refractivity contribution in [3.63, 3.8) is 0 Å². The van der Waals surface area contributed by atoms with Crippen molar-refractivity contribution in [2.24, 2.45) is 5.41 Å². The third-order valence-corrected chi connectivity index (χ3v) is 4.06. The van der Waals surface area contributed by atoms with E-state index < -0.39 is 29.4 Å². The molecular weight excluding hydrogens is 312 g/mol. The third kappa shape index (κ3) is 4.22. The van der Waals surface area contributed by atoms with E-state index in [0.717, 1.165) is 5.01 Å². The smallest absolute Gasteiger partial charge is 0.288 e. The van der Waals surface area contributed by atoms with Crippen LogP contribution >= 0.6 is 0 Å².